The number of rotatable bonds is 2. The van der Waals surface area contributed by atoms with E-state index in [1.807, 2.05) is 12.1 Å². The lowest BCUT2D eigenvalue weighted by Crippen LogP contribution is -2.56. The van der Waals surface area contributed by atoms with E-state index in [4.69, 9.17) is 0 Å². The van der Waals surface area contributed by atoms with Crippen LogP contribution >= 0.6 is 15.9 Å². The maximum atomic E-state index is 12.5. The summed E-state index contributed by atoms with van der Waals surface area (Å²) < 4.78 is 1.08. The topological polar surface area (TPSA) is 29.1 Å². The van der Waals surface area contributed by atoms with Crippen molar-refractivity contribution in [3.63, 3.8) is 0 Å². The summed E-state index contributed by atoms with van der Waals surface area (Å²) in [6.45, 7) is 8.30. The normalized spacial score (nSPS) is 20.2. The van der Waals surface area contributed by atoms with Gasteiger partial charge in [-0.15, -0.1) is 0 Å². The highest BCUT2D eigenvalue weighted by molar-refractivity contribution is 9.10. The predicted molar refractivity (Wildman–Crippen MR) is 77.6 cm³/mol. The quantitative estimate of drug-likeness (QED) is 0.882. The number of benzene rings is 1. The third-order valence-corrected chi connectivity index (χ3v) is 4.88. The van der Waals surface area contributed by atoms with Gasteiger partial charge in [0.2, 0.25) is 5.91 Å². The molecule has 18 heavy (non-hydrogen) atoms. The Hall–Kier alpha value is -0.830. The smallest absolute Gasteiger partial charge is 0.231 e. The van der Waals surface area contributed by atoms with Crippen molar-refractivity contribution in [1.29, 1.82) is 0 Å². The van der Waals surface area contributed by atoms with Crippen molar-refractivity contribution in [3.05, 3.63) is 33.8 Å². The molecule has 0 aromatic heterocycles. The summed E-state index contributed by atoms with van der Waals surface area (Å²) in [5.74, 6) is 0.156. The lowest BCUT2D eigenvalue weighted by Gasteiger charge is -2.45. The van der Waals surface area contributed by atoms with Crippen molar-refractivity contribution in [2.45, 2.75) is 51.5 Å². The zero-order valence-corrected chi connectivity index (χ0v) is 13.0. The average molecular weight is 310 g/mol. The zero-order valence-electron chi connectivity index (χ0n) is 11.4. The summed E-state index contributed by atoms with van der Waals surface area (Å²) in [7, 11) is 0. The van der Waals surface area contributed by atoms with Crippen LogP contribution in [0.15, 0.2) is 22.7 Å². The van der Waals surface area contributed by atoms with E-state index in [0.717, 1.165) is 17.3 Å². The predicted octanol–water partition coefficient (Wildman–Crippen LogP) is 3.87. The fraction of sp³-hybridized carbons (Fsp3) is 0.533. The lowest BCUT2D eigenvalue weighted by atomic mass is 9.67. The second kappa shape index (κ2) is 4.37. The molecule has 2 nitrogen and oxygen atoms in total. The van der Waals surface area contributed by atoms with Crippen molar-refractivity contribution in [2.24, 2.45) is 0 Å². The van der Waals surface area contributed by atoms with Crippen LogP contribution < -0.4 is 5.32 Å². The van der Waals surface area contributed by atoms with Gasteiger partial charge in [0, 0.05) is 4.47 Å². The molecule has 1 heterocycles. The van der Waals surface area contributed by atoms with Crippen LogP contribution in [0.25, 0.3) is 0 Å². The van der Waals surface area contributed by atoms with Gasteiger partial charge >= 0.3 is 0 Å². The van der Waals surface area contributed by atoms with E-state index in [-0.39, 0.29) is 16.9 Å². The molecule has 0 aliphatic carbocycles. The first-order chi connectivity index (χ1) is 8.39. The van der Waals surface area contributed by atoms with E-state index >= 15 is 0 Å². The molecule has 1 amide bonds. The van der Waals surface area contributed by atoms with Gasteiger partial charge in [0.25, 0.3) is 0 Å². The Morgan fingerprint density at radius 2 is 1.83 bits per heavy atom. The maximum absolute atomic E-state index is 12.5. The van der Waals surface area contributed by atoms with Gasteiger partial charge in [-0.05, 0) is 43.9 Å². The van der Waals surface area contributed by atoms with E-state index < -0.39 is 0 Å². The number of carbonyl (C=O) groups excluding carboxylic acids is 1. The van der Waals surface area contributed by atoms with Crippen LogP contribution in [0.3, 0.4) is 0 Å². The summed E-state index contributed by atoms with van der Waals surface area (Å²) >= 11 is 3.64. The molecule has 3 heteroatoms. The van der Waals surface area contributed by atoms with Gasteiger partial charge in [0.15, 0.2) is 0 Å². The van der Waals surface area contributed by atoms with Crippen LogP contribution in [0.4, 0.5) is 0 Å². The number of nitrogens with one attached hydrogen (secondary N) is 1. The van der Waals surface area contributed by atoms with Gasteiger partial charge in [-0.25, -0.2) is 0 Å². The van der Waals surface area contributed by atoms with E-state index in [2.05, 4.69) is 55.0 Å². The first-order valence-electron chi connectivity index (χ1n) is 6.51. The van der Waals surface area contributed by atoms with Gasteiger partial charge in [-0.2, -0.15) is 0 Å². The summed E-state index contributed by atoms with van der Waals surface area (Å²) in [6, 6.07) is 6.18. The van der Waals surface area contributed by atoms with Crippen molar-refractivity contribution < 1.29 is 4.79 Å². The van der Waals surface area contributed by atoms with Crippen molar-refractivity contribution in [2.75, 3.05) is 0 Å². The number of carbonyl (C=O) groups is 1. The second-order valence-electron chi connectivity index (χ2n) is 5.53. The van der Waals surface area contributed by atoms with Crippen molar-refractivity contribution >= 4 is 21.8 Å². The van der Waals surface area contributed by atoms with Gasteiger partial charge in [0.05, 0.1) is 11.0 Å². The average Bonchev–Trinajstić information content (AvgIpc) is 2.29. The molecule has 0 fully saturated rings. The number of hydrogen-bond donors (Lipinski definition) is 1. The Balaban J connectivity index is 2.78. The second-order valence-corrected chi connectivity index (χ2v) is 6.39. The molecule has 0 atom stereocenters. The summed E-state index contributed by atoms with van der Waals surface area (Å²) in [4.78, 5) is 12.5. The Morgan fingerprint density at radius 3 is 2.39 bits per heavy atom. The number of fused-ring (bicyclic) bond motifs is 1. The minimum atomic E-state index is -0.380. The Morgan fingerprint density at radius 1 is 1.22 bits per heavy atom. The van der Waals surface area contributed by atoms with Crippen LogP contribution in [0, 0.1) is 0 Å². The largest absolute Gasteiger partial charge is 0.346 e. The lowest BCUT2D eigenvalue weighted by molar-refractivity contribution is -0.130. The Bertz CT molecular complexity index is 489. The maximum Gasteiger partial charge on any atom is 0.231 e. The van der Waals surface area contributed by atoms with E-state index in [0.29, 0.717) is 0 Å². The summed E-state index contributed by atoms with van der Waals surface area (Å²) in [5, 5.41) is 3.18. The van der Waals surface area contributed by atoms with Crippen LogP contribution in [0.1, 0.15) is 51.7 Å². The van der Waals surface area contributed by atoms with Crippen molar-refractivity contribution in [1.82, 2.24) is 5.32 Å². The van der Waals surface area contributed by atoms with Crippen LogP contribution in [-0.2, 0) is 15.7 Å². The number of halogens is 1. The third-order valence-electron chi connectivity index (χ3n) is 4.22. The molecule has 0 radical (unpaired) electrons. The molecule has 0 spiro atoms. The molecule has 1 aliphatic rings. The molecule has 0 bridgehead atoms. The molecule has 98 valence electrons. The molecule has 0 saturated heterocycles. The molecular formula is C15H20BrNO. The van der Waals surface area contributed by atoms with E-state index in [1.54, 1.807) is 0 Å². The fourth-order valence-corrected chi connectivity index (χ4v) is 3.96. The molecule has 0 unspecified atom stereocenters. The molecule has 2 rings (SSSR count). The van der Waals surface area contributed by atoms with Gasteiger partial charge in [-0.3, -0.25) is 4.79 Å². The van der Waals surface area contributed by atoms with Gasteiger partial charge < -0.3 is 5.32 Å². The highest BCUT2D eigenvalue weighted by atomic mass is 79.9. The van der Waals surface area contributed by atoms with Crippen molar-refractivity contribution in [3.8, 4) is 0 Å². The number of hydrogen-bond acceptors (Lipinski definition) is 1. The molecular weight excluding hydrogens is 290 g/mol. The standard InChI is InChI=1S/C15H20BrNO/c1-5-15(6-2)10-8-7-9-11(16)12(10)14(3,4)17-13(15)18/h7-9H,5-6H2,1-4H3,(H,17,18). The van der Waals surface area contributed by atoms with Crippen LogP contribution in [0.2, 0.25) is 0 Å². The summed E-state index contributed by atoms with van der Waals surface area (Å²) in [6.07, 6.45) is 1.66. The Kier molecular flexibility index (Phi) is 3.30. The molecule has 1 aromatic rings. The number of amides is 1. The fourth-order valence-electron chi connectivity index (χ4n) is 3.10. The molecule has 1 aromatic carbocycles. The van der Waals surface area contributed by atoms with Crippen LogP contribution in [-0.4, -0.2) is 5.91 Å². The summed E-state index contributed by atoms with van der Waals surface area (Å²) in [5.41, 5.74) is 1.69. The molecule has 0 saturated carbocycles. The van der Waals surface area contributed by atoms with Gasteiger partial charge in [-0.1, -0.05) is 41.9 Å². The Labute approximate surface area is 117 Å². The minimum absolute atomic E-state index is 0.156. The van der Waals surface area contributed by atoms with Gasteiger partial charge in [0.1, 0.15) is 0 Å². The van der Waals surface area contributed by atoms with E-state index in [1.165, 1.54) is 11.1 Å². The van der Waals surface area contributed by atoms with E-state index in [9.17, 15) is 4.79 Å². The first-order valence-corrected chi connectivity index (χ1v) is 7.30. The zero-order chi connectivity index (χ0) is 13.6. The van der Waals surface area contributed by atoms with Crippen LogP contribution in [0.5, 0.6) is 0 Å². The monoisotopic (exact) mass is 309 g/mol. The minimum Gasteiger partial charge on any atom is -0.346 e. The SMILES string of the molecule is CCC1(CC)C(=O)NC(C)(C)c2c(Br)cccc21. The molecule has 1 N–H and O–H groups in total. The first kappa shape index (κ1) is 13.6. The third kappa shape index (κ3) is 1.71. The molecule has 1 aliphatic heterocycles. The highest BCUT2D eigenvalue weighted by Crippen LogP contribution is 2.45. The highest BCUT2D eigenvalue weighted by Gasteiger charge is 2.47.